The summed E-state index contributed by atoms with van der Waals surface area (Å²) in [6.45, 7) is 4.12. The molecule has 0 aliphatic carbocycles. The molecule has 0 saturated heterocycles. The monoisotopic (exact) mass is 407 g/mol. The zero-order chi connectivity index (χ0) is 19.6. The fourth-order valence-electron chi connectivity index (χ4n) is 2.07. The first-order valence-electron chi connectivity index (χ1n) is 7.96. The van der Waals surface area contributed by atoms with Crippen LogP contribution in [0.5, 0.6) is 11.5 Å². The second-order valence-corrected chi connectivity index (χ2v) is 6.08. The number of benzene rings is 2. The molecule has 27 heavy (non-hydrogen) atoms. The van der Waals surface area contributed by atoms with Crippen LogP contribution in [0.2, 0.25) is 5.02 Å². The molecule has 8 heteroatoms. The lowest BCUT2D eigenvalue weighted by Crippen LogP contribution is -2.31. The Morgan fingerprint density at radius 3 is 2.85 bits per heavy atom. The van der Waals surface area contributed by atoms with Gasteiger partial charge in [0.2, 0.25) is 0 Å². The van der Waals surface area contributed by atoms with Crippen LogP contribution in [-0.4, -0.2) is 25.0 Å². The van der Waals surface area contributed by atoms with Crippen LogP contribution in [0, 0.1) is 5.82 Å². The maximum atomic E-state index is 13.8. The molecule has 0 saturated carbocycles. The second kappa shape index (κ2) is 10.5. The maximum absolute atomic E-state index is 13.8. The highest BCUT2D eigenvalue weighted by atomic mass is 35.5. The SMILES string of the molecule is C=CCNC(=S)N/N=C/c1ccc(OCc2c(F)cccc2Cl)c(OC)c1. The zero-order valence-corrected chi connectivity index (χ0v) is 16.2. The fourth-order valence-corrected chi connectivity index (χ4v) is 2.43. The van der Waals surface area contributed by atoms with Crippen molar-refractivity contribution in [2.45, 2.75) is 6.61 Å². The molecule has 2 aromatic rings. The first-order valence-corrected chi connectivity index (χ1v) is 8.75. The van der Waals surface area contributed by atoms with E-state index in [2.05, 4.69) is 22.4 Å². The van der Waals surface area contributed by atoms with Crippen molar-refractivity contribution in [1.29, 1.82) is 0 Å². The summed E-state index contributed by atoms with van der Waals surface area (Å²) in [5, 5.41) is 7.63. The molecule has 0 fully saturated rings. The van der Waals surface area contributed by atoms with Gasteiger partial charge in [0.25, 0.3) is 0 Å². The van der Waals surface area contributed by atoms with Gasteiger partial charge in [0.05, 0.1) is 18.3 Å². The average molecular weight is 408 g/mol. The van der Waals surface area contributed by atoms with Gasteiger partial charge < -0.3 is 14.8 Å². The Balaban J connectivity index is 2.03. The van der Waals surface area contributed by atoms with E-state index in [4.69, 9.17) is 33.3 Å². The van der Waals surface area contributed by atoms with Crippen molar-refractivity contribution < 1.29 is 13.9 Å². The topological polar surface area (TPSA) is 54.9 Å². The number of hydrogen-bond acceptors (Lipinski definition) is 4. The Kier molecular flexibility index (Phi) is 8.03. The largest absolute Gasteiger partial charge is 0.493 e. The standard InChI is InChI=1S/C19H19ClFN3O2S/c1-3-9-22-19(27)24-23-11-13-7-8-17(18(10-13)25-2)26-12-14-15(20)5-4-6-16(14)21/h3-8,10-11H,1,9,12H2,2H3,(H2,22,24,27)/b23-11+. The lowest BCUT2D eigenvalue weighted by molar-refractivity contribution is 0.280. The summed E-state index contributed by atoms with van der Waals surface area (Å²) >= 11 is 11.0. The number of nitrogens with zero attached hydrogens (tertiary/aromatic N) is 1. The van der Waals surface area contributed by atoms with Crippen LogP contribution in [0.4, 0.5) is 4.39 Å². The maximum Gasteiger partial charge on any atom is 0.187 e. The minimum atomic E-state index is -0.419. The summed E-state index contributed by atoms with van der Waals surface area (Å²) in [6.07, 6.45) is 3.28. The van der Waals surface area contributed by atoms with E-state index in [1.807, 2.05) is 0 Å². The van der Waals surface area contributed by atoms with Crippen LogP contribution in [0.3, 0.4) is 0 Å². The van der Waals surface area contributed by atoms with Gasteiger partial charge >= 0.3 is 0 Å². The zero-order valence-electron chi connectivity index (χ0n) is 14.7. The van der Waals surface area contributed by atoms with E-state index >= 15 is 0 Å². The van der Waals surface area contributed by atoms with Gasteiger partial charge in [-0.3, -0.25) is 5.43 Å². The summed E-state index contributed by atoms with van der Waals surface area (Å²) in [4.78, 5) is 0. The lowest BCUT2D eigenvalue weighted by Gasteiger charge is -2.12. The highest BCUT2D eigenvalue weighted by Gasteiger charge is 2.10. The molecule has 0 bridgehead atoms. The van der Waals surface area contributed by atoms with Crippen LogP contribution in [0.25, 0.3) is 0 Å². The Morgan fingerprint density at radius 2 is 2.15 bits per heavy atom. The van der Waals surface area contributed by atoms with E-state index in [0.29, 0.717) is 28.2 Å². The molecule has 2 rings (SSSR count). The third-order valence-corrected chi connectivity index (χ3v) is 4.00. The van der Waals surface area contributed by atoms with Crippen molar-refractivity contribution in [3.63, 3.8) is 0 Å². The van der Waals surface area contributed by atoms with Gasteiger partial charge in [-0.2, -0.15) is 5.10 Å². The van der Waals surface area contributed by atoms with Crippen molar-refractivity contribution in [2.24, 2.45) is 5.10 Å². The van der Waals surface area contributed by atoms with Crippen molar-refractivity contribution in [1.82, 2.24) is 10.7 Å². The fraction of sp³-hybridized carbons (Fsp3) is 0.158. The molecule has 0 aliphatic rings. The Morgan fingerprint density at radius 1 is 1.33 bits per heavy atom. The van der Waals surface area contributed by atoms with Gasteiger partial charge in [-0.15, -0.1) is 6.58 Å². The predicted octanol–water partition coefficient (Wildman–Crippen LogP) is 4.05. The predicted molar refractivity (Wildman–Crippen MR) is 110 cm³/mol. The van der Waals surface area contributed by atoms with Gasteiger partial charge in [-0.25, -0.2) is 4.39 Å². The molecule has 0 amide bonds. The Hall–Kier alpha value is -2.64. The summed E-state index contributed by atoms with van der Waals surface area (Å²) in [6, 6.07) is 9.73. The molecule has 0 aliphatic heterocycles. The van der Waals surface area contributed by atoms with Crippen molar-refractivity contribution >= 4 is 35.1 Å². The van der Waals surface area contributed by atoms with Crippen molar-refractivity contribution in [3.05, 3.63) is 71.0 Å². The highest BCUT2D eigenvalue weighted by molar-refractivity contribution is 7.80. The number of halogens is 2. The van der Waals surface area contributed by atoms with Gasteiger partial charge in [0.15, 0.2) is 16.6 Å². The van der Waals surface area contributed by atoms with Crippen LogP contribution in [0.15, 0.2) is 54.2 Å². The number of nitrogens with one attached hydrogen (secondary N) is 2. The Bertz CT molecular complexity index is 825. The number of thiocarbonyl (C=S) groups is 1. The smallest absolute Gasteiger partial charge is 0.187 e. The summed E-state index contributed by atoms with van der Waals surface area (Å²) in [5.74, 6) is 0.529. The minimum Gasteiger partial charge on any atom is -0.493 e. The molecule has 5 nitrogen and oxygen atoms in total. The third-order valence-electron chi connectivity index (χ3n) is 3.41. The first-order chi connectivity index (χ1) is 13.0. The van der Waals surface area contributed by atoms with E-state index in [-0.39, 0.29) is 12.2 Å². The van der Waals surface area contributed by atoms with Crippen LogP contribution < -0.4 is 20.2 Å². The highest BCUT2D eigenvalue weighted by Crippen LogP contribution is 2.29. The lowest BCUT2D eigenvalue weighted by atomic mass is 10.2. The van der Waals surface area contributed by atoms with E-state index in [9.17, 15) is 4.39 Å². The second-order valence-electron chi connectivity index (χ2n) is 5.27. The molecule has 2 aromatic carbocycles. The normalized spacial score (nSPS) is 10.5. The van der Waals surface area contributed by atoms with E-state index in [1.54, 1.807) is 42.6 Å². The number of ether oxygens (including phenoxy) is 2. The molecular weight excluding hydrogens is 389 g/mol. The molecule has 0 atom stereocenters. The average Bonchev–Trinajstić information content (AvgIpc) is 2.66. The van der Waals surface area contributed by atoms with Crippen LogP contribution in [-0.2, 0) is 6.61 Å². The molecule has 0 heterocycles. The van der Waals surface area contributed by atoms with Crippen molar-refractivity contribution in [3.8, 4) is 11.5 Å². The molecule has 0 unspecified atom stereocenters. The molecule has 2 N–H and O–H groups in total. The van der Waals surface area contributed by atoms with E-state index < -0.39 is 5.82 Å². The number of methoxy groups -OCH3 is 1. The van der Waals surface area contributed by atoms with E-state index in [1.165, 1.54) is 13.2 Å². The van der Waals surface area contributed by atoms with Gasteiger partial charge in [-0.1, -0.05) is 23.7 Å². The van der Waals surface area contributed by atoms with Gasteiger partial charge in [-0.05, 0) is 48.1 Å². The number of rotatable bonds is 8. The summed E-state index contributed by atoms with van der Waals surface area (Å²) < 4.78 is 24.8. The molecule has 142 valence electrons. The van der Waals surface area contributed by atoms with Gasteiger partial charge in [0, 0.05) is 12.1 Å². The van der Waals surface area contributed by atoms with Gasteiger partial charge in [0.1, 0.15) is 12.4 Å². The molecular formula is C19H19ClFN3O2S. The van der Waals surface area contributed by atoms with E-state index in [0.717, 1.165) is 5.56 Å². The van der Waals surface area contributed by atoms with Crippen molar-refractivity contribution in [2.75, 3.05) is 13.7 Å². The minimum absolute atomic E-state index is 0.0138. The van der Waals surface area contributed by atoms with Crippen LogP contribution >= 0.6 is 23.8 Å². The Labute approximate surface area is 167 Å². The first kappa shape index (κ1) is 20.7. The molecule has 0 spiro atoms. The molecule has 0 aromatic heterocycles. The summed E-state index contributed by atoms with van der Waals surface area (Å²) in [7, 11) is 1.52. The number of hydrazone groups is 1. The quantitative estimate of drug-likeness (QED) is 0.299. The number of hydrogen-bond donors (Lipinski definition) is 2. The third kappa shape index (κ3) is 6.23. The molecule has 0 radical (unpaired) electrons. The summed E-state index contributed by atoms with van der Waals surface area (Å²) in [5.41, 5.74) is 3.75. The van der Waals surface area contributed by atoms with Crippen LogP contribution in [0.1, 0.15) is 11.1 Å².